The molecule has 4 heteroatoms. The lowest BCUT2D eigenvalue weighted by molar-refractivity contribution is 0.346. The van der Waals surface area contributed by atoms with E-state index in [0.717, 1.165) is 24.2 Å². The zero-order chi connectivity index (χ0) is 12.1. The van der Waals surface area contributed by atoms with Crippen molar-refractivity contribution < 1.29 is 0 Å². The number of nitrogens with zero attached hydrogens (tertiary/aromatic N) is 3. The van der Waals surface area contributed by atoms with Crippen molar-refractivity contribution in [1.29, 1.82) is 0 Å². The summed E-state index contributed by atoms with van der Waals surface area (Å²) in [5.74, 6) is 1.06. The summed E-state index contributed by atoms with van der Waals surface area (Å²) in [4.78, 5) is 9.24. The van der Waals surface area contributed by atoms with Gasteiger partial charge in [0.25, 0.3) is 0 Å². The molecule has 1 fully saturated rings. The standard InChI is InChI=1S/C13H20BrN3/c1-16(8-9-17-6-2-3-7-17)13-5-4-12(10-14)11-15-13/h4-5,11H,2-3,6-10H2,1H3. The molecule has 2 heterocycles. The predicted octanol–water partition coefficient (Wildman–Crippen LogP) is 2.51. The fourth-order valence-electron chi connectivity index (χ4n) is 2.13. The van der Waals surface area contributed by atoms with Crippen molar-refractivity contribution in [3.63, 3.8) is 0 Å². The lowest BCUT2D eigenvalue weighted by Gasteiger charge is -2.22. The van der Waals surface area contributed by atoms with E-state index in [-0.39, 0.29) is 0 Å². The summed E-state index contributed by atoms with van der Waals surface area (Å²) in [6, 6.07) is 4.23. The molecule has 1 aromatic heterocycles. The summed E-state index contributed by atoms with van der Waals surface area (Å²) in [6.07, 6.45) is 4.67. The molecule has 2 rings (SSSR count). The van der Waals surface area contributed by atoms with Gasteiger partial charge in [0.05, 0.1) is 0 Å². The van der Waals surface area contributed by atoms with Crippen molar-refractivity contribution in [2.75, 3.05) is 38.1 Å². The van der Waals surface area contributed by atoms with Gasteiger partial charge in [-0.2, -0.15) is 0 Å². The molecule has 0 radical (unpaired) electrons. The average Bonchev–Trinajstić information content (AvgIpc) is 2.89. The van der Waals surface area contributed by atoms with Crippen molar-refractivity contribution in [2.24, 2.45) is 0 Å². The summed E-state index contributed by atoms with van der Waals surface area (Å²) in [5, 5.41) is 0.873. The molecule has 0 aromatic carbocycles. The highest BCUT2D eigenvalue weighted by atomic mass is 79.9. The number of likely N-dealkylation sites (tertiary alicyclic amines) is 1. The first-order valence-corrected chi connectivity index (χ1v) is 7.36. The second kappa shape index (κ2) is 6.36. The van der Waals surface area contributed by atoms with Gasteiger partial charge in [0.1, 0.15) is 5.82 Å². The van der Waals surface area contributed by atoms with Gasteiger partial charge in [-0.15, -0.1) is 0 Å². The van der Waals surface area contributed by atoms with Crippen molar-refractivity contribution >= 4 is 21.7 Å². The summed E-state index contributed by atoms with van der Waals surface area (Å²) >= 11 is 3.43. The molecule has 17 heavy (non-hydrogen) atoms. The molecule has 1 aliphatic rings. The van der Waals surface area contributed by atoms with E-state index in [9.17, 15) is 0 Å². The van der Waals surface area contributed by atoms with Crippen LogP contribution in [0, 0.1) is 0 Å². The van der Waals surface area contributed by atoms with Crippen LogP contribution in [-0.4, -0.2) is 43.1 Å². The minimum absolute atomic E-state index is 0.873. The zero-order valence-corrected chi connectivity index (χ0v) is 12.0. The molecule has 0 unspecified atom stereocenters. The first-order chi connectivity index (χ1) is 8.29. The van der Waals surface area contributed by atoms with Crippen LogP contribution >= 0.6 is 15.9 Å². The average molecular weight is 298 g/mol. The van der Waals surface area contributed by atoms with Crippen LogP contribution < -0.4 is 4.90 Å². The Morgan fingerprint density at radius 3 is 2.71 bits per heavy atom. The number of anilines is 1. The minimum atomic E-state index is 0.873. The van der Waals surface area contributed by atoms with Crippen molar-refractivity contribution in [3.05, 3.63) is 23.9 Å². The molecule has 1 aliphatic heterocycles. The van der Waals surface area contributed by atoms with Crippen LogP contribution in [0.2, 0.25) is 0 Å². The van der Waals surface area contributed by atoms with Gasteiger partial charge in [-0.3, -0.25) is 0 Å². The fraction of sp³-hybridized carbons (Fsp3) is 0.615. The molecule has 0 amide bonds. The van der Waals surface area contributed by atoms with E-state index < -0.39 is 0 Å². The molecule has 1 aromatic rings. The summed E-state index contributed by atoms with van der Waals surface area (Å²) < 4.78 is 0. The van der Waals surface area contributed by atoms with Gasteiger partial charge in [-0.25, -0.2) is 4.98 Å². The third-order valence-electron chi connectivity index (χ3n) is 3.30. The van der Waals surface area contributed by atoms with Gasteiger partial charge in [0, 0.05) is 31.7 Å². The van der Waals surface area contributed by atoms with E-state index in [1.54, 1.807) is 0 Å². The molecule has 0 aliphatic carbocycles. The Kier molecular flexibility index (Phi) is 4.80. The van der Waals surface area contributed by atoms with Crippen LogP contribution in [0.1, 0.15) is 18.4 Å². The lowest BCUT2D eigenvalue weighted by Crippen LogP contribution is -2.31. The zero-order valence-electron chi connectivity index (χ0n) is 10.4. The Hall–Kier alpha value is -0.610. The topological polar surface area (TPSA) is 19.4 Å². The number of likely N-dealkylation sites (N-methyl/N-ethyl adjacent to an activating group) is 1. The second-order valence-electron chi connectivity index (χ2n) is 4.63. The Morgan fingerprint density at radius 1 is 1.35 bits per heavy atom. The maximum atomic E-state index is 4.47. The second-order valence-corrected chi connectivity index (χ2v) is 5.19. The molecule has 3 nitrogen and oxygen atoms in total. The van der Waals surface area contributed by atoms with E-state index >= 15 is 0 Å². The largest absolute Gasteiger partial charge is 0.358 e. The van der Waals surface area contributed by atoms with Crippen LogP contribution in [0.15, 0.2) is 18.3 Å². The summed E-state index contributed by atoms with van der Waals surface area (Å²) in [6.45, 7) is 4.74. The first kappa shape index (κ1) is 12.8. The van der Waals surface area contributed by atoms with Gasteiger partial charge < -0.3 is 9.80 Å². The van der Waals surface area contributed by atoms with Gasteiger partial charge in [0.2, 0.25) is 0 Å². The van der Waals surface area contributed by atoms with E-state index in [1.165, 1.54) is 31.5 Å². The maximum absolute atomic E-state index is 4.47. The van der Waals surface area contributed by atoms with Gasteiger partial charge in [0.15, 0.2) is 0 Å². The molecule has 1 saturated heterocycles. The van der Waals surface area contributed by atoms with Crippen LogP contribution in [0.4, 0.5) is 5.82 Å². The number of hydrogen-bond donors (Lipinski definition) is 0. The van der Waals surface area contributed by atoms with Gasteiger partial charge in [-0.05, 0) is 37.6 Å². The van der Waals surface area contributed by atoms with Crippen LogP contribution in [0.25, 0.3) is 0 Å². The first-order valence-electron chi connectivity index (χ1n) is 6.24. The van der Waals surface area contributed by atoms with Gasteiger partial charge >= 0.3 is 0 Å². The minimum Gasteiger partial charge on any atom is -0.358 e. The summed E-state index contributed by atoms with van der Waals surface area (Å²) in [7, 11) is 2.12. The molecular formula is C13H20BrN3. The Bertz CT molecular complexity index is 333. The number of aromatic nitrogens is 1. The monoisotopic (exact) mass is 297 g/mol. The van der Waals surface area contributed by atoms with Crippen LogP contribution in [0.3, 0.4) is 0 Å². The molecular weight excluding hydrogens is 278 g/mol. The number of pyridine rings is 1. The maximum Gasteiger partial charge on any atom is 0.128 e. The van der Waals surface area contributed by atoms with Gasteiger partial charge in [-0.1, -0.05) is 22.0 Å². The van der Waals surface area contributed by atoms with E-state index in [2.05, 4.69) is 49.9 Å². The van der Waals surface area contributed by atoms with Crippen LogP contribution in [0.5, 0.6) is 0 Å². The van der Waals surface area contributed by atoms with Crippen molar-refractivity contribution in [1.82, 2.24) is 9.88 Å². The molecule has 0 bridgehead atoms. The highest BCUT2D eigenvalue weighted by Gasteiger charge is 2.12. The van der Waals surface area contributed by atoms with Crippen molar-refractivity contribution in [3.8, 4) is 0 Å². The number of alkyl halides is 1. The van der Waals surface area contributed by atoms with E-state index in [0.29, 0.717) is 0 Å². The SMILES string of the molecule is CN(CCN1CCCC1)c1ccc(CBr)cn1. The Balaban J connectivity index is 1.83. The number of rotatable bonds is 5. The Labute approximate surface area is 112 Å². The predicted molar refractivity (Wildman–Crippen MR) is 75.8 cm³/mol. The number of hydrogen-bond acceptors (Lipinski definition) is 3. The molecule has 94 valence electrons. The highest BCUT2D eigenvalue weighted by Crippen LogP contribution is 2.12. The molecule has 0 saturated carbocycles. The van der Waals surface area contributed by atoms with E-state index in [4.69, 9.17) is 0 Å². The third kappa shape index (κ3) is 3.68. The Morgan fingerprint density at radius 2 is 2.12 bits per heavy atom. The molecule has 0 spiro atoms. The van der Waals surface area contributed by atoms with Crippen LogP contribution in [-0.2, 0) is 5.33 Å². The molecule has 0 N–H and O–H groups in total. The quantitative estimate of drug-likeness (QED) is 0.779. The van der Waals surface area contributed by atoms with Crippen molar-refractivity contribution in [2.45, 2.75) is 18.2 Å². The normalized spacial score (nSPS) is 16.4. The van der Waals surface area contributed by atoms with E-state index in [1.807, 2.05) is 6.20 Å². The smallest absolute Gasteiger partial charge is 0.128 e. The number of halogens is 1. The lowest BCUT2D eigenvalue weighted by atomic mass is 10.3. The molecule has 0 atom stereocenters. The highest BCUT2D eigenvalue weighted by molar-refractivity contribution is 9.08. The fourth-order valence-corrected chi connectivity index (χ4v) is 2.47. The third-order valence-corrected chi connectivity index (χ3v) is 3.95. The summed E-state index contributed by atoms with van der Waals surface area (Å²) in [5.41, 5.74) is 1.22.